The van der Waals surface area contributed by atoms with Crippen LogP contribution in [-0.4, -0.2) is 54.9 Å². The lowest BCUT2D eigenvalue weighted by Gasteiger charge is -2.34. The average molecular weight is 329 g/mol. The van der Waals surface area contributed by atoms with E-state index in [1.54, 1.807) is 24.8 Å². The maximum Gasteiger partial charge on any atom is 0.223 e. The van der Waals surface area contributed by atoms with Crippen LogP contribution in [0.25, 0.3) is 5.69 Å². The largest absolute Gasteiger partial charge is 0.503 e. The molecule has 24 heavy (non-hydrogen) atoms. The second-order valence-corrected chi connectivity index (χ2v) is 6.13. The molecule has 1 saturated heterocycles. The van der Waals surface area contributed by atoms with Gasteiger partial charge in [-0.25, -0.2) is 0 Å². The smallest absolute Gasteiger partial charge is 0.223 e. The molecule has 1 aliphatic heterocycles. The van der Waals surface area contributed by atoms with Gasteiger partial charge in [0, 0.05) is 50.2 Å². The Morgan fingerprint density at radius 3 is 2.50 bits per heavy atom. The quantitative estimate of drug-likeness (QED) is 0.927. The predicted molar refractivity (Wildman–Crippen MR) is 94.7 cm³/mol. The van der Waals surface area contributed by atoms with E-state index in [0.717, 1.165) is 37.6 Å². The lowest BCUT2D eigenvalue weighted by Crippen LogP contribution is -2.44. The van der Waals surface area contributed by atoms with Gasteiger partial charge < -0.3 is 24.2 Å². The van der Waals surface area contributed by atoms with Crippen molar-refractivity contribution >= 4 is 5.69 Å². The van der Waals surface area contributed by atoms with E-state index in [0.29, 0.717) is 11.4 Å². The fraction of sp³-hybridized carbons (Fsp3) is 0.389. The summed E-state index contributed by atoms with van der Waals surface area (Å²) in [5.74, 6) is 0.472. The van der Waals surface area contributed by atoms with Gasteiger partial charge in [0.25, 0.3) is 0 Å². The number of benzene rings is 1. The molecule has 128 valence electrons. The number of hydrogen-bond donors (Lipinski definition) is 1. The monoisotopic (exact) mass is 329 g/mol. The zero-order chi connectivity index (χ0) is 17.3. The molecule has 0 unspecified atom stereocenters. The molecule has 3 rings (SSSR count). The Hall–Kier alpha value is -2.47. The van der Waals surface area contributed by atoms with Gasteiger partial charge in [0.2, 0.25) is 5.43 Å². The zero-order valence-electron chi connectivity index (χ0n) is 14.3. The molecule has 1 aromatic heterocycles. The zero-order valence-corrected chi connectivity index (χ0v) is 14.3. The van der Waals surface area contributed by atoms with Crippen molar-refractivity contribution in [3.63, 3.8) is 0 Å². The third-order valence-corrected chi connectivity index (χ3v) is 4.60. The van der Waals surface area contributed by atoms with Crippen LogP contribution in [0, 0.1) is 6.92 Å². The number of methoxy groups -OCH3 is 1. The fourth-order valence-electron chi connectivity index (χ4n) is 3.01. The van der Waals surface area contributed by atoms with Gasteiger partial charge in [-0.05, 0) is 26.1 Å². The van der Waals surface area contributed by atoms with Crippen molar-refractivity contribution in [1.29, 1.82) is 0 Å². The number of aromatic hydroxyl groups is 1. The van der Waals surface area contributed by atoms with Crippen molar-refractivity contribution in [2.75, 3.05) is 45.2 Å². The van der Waals surface area contributed by atoms with Gasteiger partial charge in [-0.15, -0.1) is 0 Å². The number of pyridine rings is 1. The number of rotatable bonds is 3. The van der Waals surface area contributed by atoms with Crippen LogP contribution in [0.3, 0.4) is 0 Å². The van der Waals surface area contributed by atoms with Crippen molar-refractivity contribution in [3.8, 4) is 17.2 Å². The SMILES string of the molecule is COc1cc(N2CCN(C)CC2)ccc1-n1ccc(=O)c(O)c1C. The highest BCUT2D eigenvalue weighted by Gasteiger charge is 2.17. The number of nitrogens with zero attached hydrogens (tertiary/aromatic N) is 3. The lowest BCUT2D eigenvalue weighted by molar-refractivity contribution is 0.312. The first-order chi connectivity index (χ1) is 11.5. The molecule has 2 aromatic rings. The van der Waals surface area contributed by atoms with Gasteiger partial charge in [-0.2, -0.15) is 0 Å². The van der Waals surface area contributed by atoms with Crippen LogP contribution in [0.2, 0.25) is 0 Å². The summed E-state index contributed by atoms with van der Waals surface area (Å²) in [5, 5.41) is 9.91. The van der Waals surface area contributed by atoms with Gasteiger partial charge in [-0.3, -0.25) is 4.79 Å². The summed E-state index contributed by atoms with van der Waals surface area (Å²) in [6, 6.07) is 7.38. The van der Waals surface area contributed by atoms with Crippen molar-refractivity contribution in [2.24, 2.45) is 0 Å². The molecule has 0 radical (unpaired) electrons. The van der Waals surface area contributed by atoms with Crippen molar-refractivity contribution in [2.45, 2.75) is 6.92 Å². The van der Waals surface area contributed by atoms with Gasteiger partial charge >= 0.3 is 0 Å². The highest BCUT2D eigenvalue weighted by atomic mass is 16.5. The number of likely N-dealkylation sites (N-methyl/N-ethyl adjacent to an activating group) is 1. The Morgan fingerprint density at radius 1 is 1.12 bits per heavy atom. The molecule has 0 aliphatic carbocycles. The lowest BCUT2D eigenvalue weighted by atomic mass is 10.2. The first-order valence-electron chi connectivity index (χ1n) is 8.04. The molecule has 0 amide bonds. The predicted octanol–water partition coefficient (Wildman–Crippen LogP) is 1.61. The number of hydrogen-bond acceptors (Lipinski definition) is 5. The summed E-state index contributed by atoms with van der Waals surface area (Å²) in [7, 11) is 3.76. The Balaban J connectivity index is 1.99. The number of anilines is 1. The first kappa shape index (κ1) is 16.4. The molecule has 6 nitrogen and oxygen atoms in total. The summed E-state index contributed by atoms with van der Waals surface area (Å²) in [4.78, 5) is 16.2. The molecule has 1 aromatic carbocycles. The van der Waals surface area contributed by atoms with E-state index >= 15 is 0 Å². The third-order valence-electron chi connectivity index (χ3n) is 4.60. The van der Waals surface area contributed by atoms with Crippen LogP contribution in [0.4, 0.5) is 5.69 Å². The van der Waals surface area contributed by atoms with Crippen LogP contribution < -0.4 is 15.1 Å². The van der Waals surface area contributed by atoms with Gasteiger partial charge in [0.05, 0.1) is 18.5 Å². The van der Waals surface area contributed by atoms with E-state index < -0.39 is 0 Å². The molecule has 0 atom stereocenters. The summed E-state index contributed by atoms with van der Waals surface area (Å²) >= 11 is 0. The van der Waals surface area contributed by atoms with E-state index in [4.69, 9.17) is 4.74 Å². The summed E-state index contributed by atoms with van der Waals surface area (Å²) in [5.41, 5.74) is 2.03. The van der Waals surface area contributed by atoms with E-state index in [-0.39, 0.29) is 11.2 Å². The van der Waals surface area contributed by atoms with Crippen LogP contribution >= 0.6 is 0 Å². The molecule has 6 heteroatoms. The number of ether oxygens (including phenoxy) is 1. The third kappa shape index (κ3) is 2.97. The fourth-order valence-corrected chi connectivity index (χ4v) is 3.01. The molecule has 2 heterocycles. The summed E-state index contributed by atoms with van der Waals surface area (Å²) in [6.45, 7) is 5.76. The number of aromatic nitrogens is 1. The second-order valence-electron chi connectivity index (χ2n) is 6.13. The minimum Gasteiger partial charge on any atom is -0.503 e. The van der Waals surface area contributed by atoms with E-state index in [1.807, 2.05) is 12.1 Å². The Labute approximate surface area is 141 Å². The van der Waals surface area contributed by atoms with Gasteiger partial charge in [-0.1, -0.05) is 0 Å². The first-order valence-corrected chi connectivity index (χ1v) is 8.04. The maximum atomic E-state index is 11.6. The Bertz CT molecular complexity index is 793. The van der Waals surface area contributed by atoms with E-state index in [9.17, 15) is 9.90 Å². The number of piperazine rings is 1. The summed E-state index contributed by atoms with van der Waals surface area (Å²) < 4.78 is 7.33. The highest BCUT2D eigenvalue weighted by molar-refractivity contribution is 5.60. The molecular weight excluding hydrogens is 306 g/mol. The minimum atomic E-state index is -0.378. The van der Waals surface area contributed by atoms with Crippen LogP contribution in [-0.2, 0) is 0 Å². The maximum absolute atomic E-state index is 11.6. The van der Waals surface area contributed by atoms with Crippen molar-refractivity contribution < 1.29 is 9.84 Å². The van der Waals surface area contributed by atoms with Crippen LogP contribution in [0.15, 0.2) is 35.3 Å². The van der Waals surface area contributed by atoms with Gasteiger partial charge in [0.15, 0.2) is 5.75 Å². The standard InChI is InChI=1S/C18H23N3O3/c1-13-18(23)16(22)6-7-21(13)15-5-4-14(12-17(15)24-3)20-10-8-19(2)9-11-20/h4-7,12,23H,8-11H2,1-3H3. The second kappa shape index (κ2) is 6.57. The minimum absolute atomic E-state index is 0.234. The van der Waals surface area contributed by atoms with Crippen LogP contribution in [0.5, 0.6) is 11.5 Å². The normalized spacial score (nSPS) is 15.5. The average Bonchev–Trinajstić information content (AvgIpc) is 2.60. The molecule has 1 fully saturated rings. The molecule has 0 spiro atoms. The molecule has 0 saturated carbocycles. The van der Waals surface area contributed by atoms with Crippen LogP contribution in [0.1, 0.15) is 5.69 Å². The molecule has 1 N–H and O–H groups in total. The molecular formula is C18H23N3O3. The highest BCUT2D eigenvalue weighted by Crippen LogP contribution is 2.30. The van der Waals surface area contributed by atoms with Crippen molar-refractivity contribution in [1.82, 2.24) is 9.47 Å². The van der Waals surface area contributed by atoms with Crippen molar-refractivity contribution in [3.05, 3.63) is 46.4 Å². The Kier molecular flexibility index (Phi) is 4.49. The Morgan fingerprint density at radius 2 is 1.83 bits per heavy atom. The van der Waals surface area contributed by atoms with E-state index in [2.05, 4.69) is 22.9 Å². The topological polar surface area (TPSA) is 57.9 Å². The van der Waals surface area contributed by atoms with Gasteiger partial charge in [0.1, 0.15) is 5.75 Å². The molecule has 1 aliphatic rings. The summed E-state index contributed by atoms with van der Waals surface area (Å²) in [6.07, 6.45) is 1.66. The molecule has 0 bridgehead atoms. The van der Waals surface area contributed by atoms with E-state index in [1.165, 1.54) is 6.07 Å².